The van der Waals surface area contributed by atoms with Gasteiger partial charge in [0.25, 0.3) is 0 Å². The molecule has 1 fully saturated rings. The van der Waals surface area contributed by atoms with Crippen LogP contribution < -0.4 is 5.32 Å². The second kappa shape index (κ2) is 7.25. The summed E-state index contributed by atoms with van der Waals surface area (Å²) in [4.78, 5) is 0. The molecule has 1 aliphatic rings. The summed E-state index contributed by atoms with van der Waals surface area (Å²) >= 11 is 0. The number of ether oxygens (including phenoxy) is 2. The maximum Gasteiger partial charge on any atom is 0.0487 e. The molecule has 0 aromatic heterocycles. The van der Waals surface area contributed by atoms with Crippen molar-refractivity contribution >= 4 is 0 Å². The molecule has 0 aliphatic heterocycles. The molecular weight excluding hydrogens is 202 g/mol. The molecule has 1 N–H and O–H groups in total. The highest BCUT2D eigenvalue weighted by Gasteiger charge is 2.41. The lowest BCUT2D eigenvalue weighted by Gasteiger charge is -2.17. The maximum absolute atomic E-state index is 5.61. The van der Waals surface area contributed by atoms with Crippen molar-refractivity contribution in [1.82, 2.24) is 5.32 Å². The molecule has 0 amide bonds. The van der Waals surface area contributed by atoms with Crippen LogP contribution in [0.4, 0.5) is 0 Å². The lowest BCUT2D eigenvalue weighted by atomic mass is 10.0. The van der Waals surface area contributed by atoms with Crippen LogP contribution in [0.15, 0.2) is 0 Å². The summed E-state index contributed by atoms with van der Waals surface area (Å²) in [7, 11) is 1.73. The van der Waals surface area contributed by atoms with Crippen LogP contribution in [0.5, 0.6) is 0 Å². The van der Waals surface area contributed by atoms with Gasteiger partial charge in [-0.2, -0.15) is 0 Å². The van der Waals surface area contributed by atoms with E-state index in [1.165, 1.54) is 19.3 Å². The van der Waals surface area contributed by atoms with Crippen molar-refractivity contribution in [2.75, 3.05) is 33.5 Å². The van der Waals surface area contributed by atoms with E-state index in [0.29, 0.717) is 11.5 Å². The molecule has 0 aromatic rings. The first-order valence-corrected chi connectivity index (χ1v) is 6.49. The van der Waals surface area contributed by atoms with Crippen LogP contribution in [0.1, 0.15) is 39.5 Å². The lowest BCUT2D eigenvalue weighted by molar-refractivity contribution is 0.0910. The lowest BCUT2D eigenvalue weighted by Crippen LogP contribution is -2.30. The maximum atomic E-state index is 5.61. The summed E-state index contributed by atoms with van der Waals surface area (Å²) < 4.78 is 10.6. The molecule has 0 saturated heterocycles. The molecule has 1 aliphatic carbocycles. The van der Waals surface area contributed by atoms with Crippen molar-refractivity contribution in [2.45, 2.75) is 45.6 Å². The number of rotatable bonds is 10. The van der Waals surface area contributed by atoms with Gasteiger partial charge >= 0.3 is 0 Å². The minimum absolute atomic E-state index is 0.561. The molecule has 3 nitrogen and oxygen atoms in total. The van der Waals surface area contributed by atoms with Gasteiger partial charge in [-0.05, 0) is 31.1 Å². The highest BCUT2D eigenvalue weighted by Crippen LogP contribution is 2.48. The Morgan fingerprint density at radius 3 is 2.50 bits per heavy atom. The van der Waals surface area contributed by atoms with Crippen LogP contribution in [0.25, 0.3) is 0 Å². The van der Waals surface area contributed by atoms with Gasteiger partial charge in [0.1, 0.15) is 0 Å². The molecule has 96 valence electrons. The number of hydrogen-bond acceptors (Lipinski definition) is 3. The van der Waals surface area contributed by atoms with Crippen LogP contribution in [0.3, 0.4) is 0 Å². The van der Waals surface area contributed by atoms with E-state index in [1.54, 1.807) is 7.11 Å². The standard InChI is InChI=1S/C13H27NO2/c1-12(2)14-11-13(5-6-13)7-10-16-9-4-8-15-3/h12,14H,4-11H2,1-3H3. The number of nitrogens with one attached hydrogen (secondary N) is 1. The van der Waals surface area contributed by atoms with E-state index >= 15 is 0 Å². The van der Waals surface area contributed by atoms with Gasteiger partial charge in [0.2, 0.25) is 0 Å². The van der Waals surface area contributed by atoms with Crippen LogP contribution in [0, 0.1) is 5.41 Å². The van der Waals surface area contributed by atoms with Crippen molar-refractivity contribution in [3.63, 3.8) is 0 Å². The van der Waals surface area contributed by atoms with E-state index in [0.717, 1.165) is 32.8 Å². The van der Waals surface area contributed by atoms with Crippen molar-refractivity contribution in [3.8, 4) is 0 Å². The fraction of sp³-hybridized carbons (Fsp3) is 1.00. The fourth-order valence-corrected chi connectivity index (χ4v) is 1.81. The predicted molar refractivity (Wildman–Crippen MR) is 66.7 cm³/mol. The number of methoxy groups -OCH3 is 1. The van der Waals surface area contributed by atoms with Gasteiger partial charge in [-0.1, -0.05) is 13.8 Å². The second-order valence-corrected chi connectivity index (χ2v) is 5.24. The highest BCUT2D eigenvalue weighted by atomic mass is 16.5. The van der Waals surface area contributed by atoms with Gasteiger partial charge < -0.3 is 14.8 Å². The second-order valence-electron chi connectivity index (χ2n) is 5.24. The smallest absolute Gasteiger partial charge is 0.0487 e. The van der Waals surface area contributed by atoms with Gasteiger partial charge in [-0.25, -0.2) is 0 Å². The minimum Gasteiger partial charge on any atom is -0.385 e. The van der Waals surface area contributed by atoms with Gasteiger partial charge in [0.05, 0.1) is 0 Å². The molecule has 0 atom stereocenters. The summed E-state index contributed by atoms with van der Waals surface area (Å²) in [5.74, 6) is 0. The minimum atomic E-state index is 0.561. The summed E-state index contributed by atoms with van der Waals surface area (Å²) in [5.41, 5.74) is 0.561. The molecule has 1 saturated carbocycles. The topological polar surface area (TPSA) is 30.5 Å². The largest absolute Gasteiger partial charge is 0.385 e. The van der Waals surface area contributed by atoms with E-state index in [9.17, 15) is 0 Å². The Kier molecular flexibility index (Phi) is 6.32. The summed E-state index contributed by atoms with van der Waals surface area (Å²) in [6.45, 7) is 8.12. The van der Waals surface area contributed by atoms with Crippen molar-refractivity contribution in [2.24, 2.45) is 5.41 Å². The fourth-order valence-electron chi connectivity index (χ4n) is 1.81. The Balaban J connectivity index is 1.95. The molecule has 1 rings (SSSR count). The first-order chi connectivity index (χ1) is 7.68. The Bertz CT molecular complexity index is 179. The highest BCUT2D eigenvalue weighted by molar-refractivity contribution is 4.94. The first-order valence-electron chi connectivity index (χ1n) is 6.49. The Hall–Kier alpha value is -0.120. The van der Waals surface area contributed by atoms with E-state index < -0.39 is 0 Å². The van der Waals surface area contributed by atoms with Gasteiger partial charge in [-0.3, -0.25) is 0 Å². The number of hydrogen-bond donors (Lipinski definition) is 1. The van der Waals surface area contributed by atoms with Gasteiger partial charge in [-0.15, -0.1) is 0 Å². The Morgan fingerprint density at radius 2 is 1.94 bits per heavy atom. The summed E-state index contributed by atoms with van der Waals surface area (Å²) in [5, 5.41) is 3.53. The normalized spacial score (nSPS) is 18.0. The zero-order valence-corrected chi connectivity index (χ0v) is 11.1. The molecule has 16 heavy (non-hydrogen) atoms. The third kappa shape index (κ3) is 5.83. The molecule has 0 radical (unpaired) electrons. The molecule has 0 unspecified atom stereocenters. The van der Waals surface area contributed by atoms with E-state index in [4.69, 9.17) is 9.47 Å². The van der Waals surface area contributed by atoms with Crippen molar-refractivity contribution in [3.05, 3.63) is 0 Å². The Morgan fingerprint density at radius 1 is 1.19 bits per heavy atom. The van der Waals surface area contributed by atoms with E-state index in [2.05, 4.69) is 19.2 Å². The van der Waals surface area contributed by atoms with Crippen molar-refractivity contribution < 1.29 is 9.47 Å². The molecular formula is C13H27NO2. The van der Waals surface area contributed by atoms with E-state index in [-0.39, 0.29) is 0 Å². The zero-order valence-electron chi connectivity index (χ0n) is 11.1. The third-order valence-corrected chi connectivity index (χ3v) is 3.26. The summed E-state index contributed by atoms with van der Waals surface area (Å²) in [6.07, 6.45) is 4.95. The SMILES string of the molecule is COCCCOCCC1(CNC(C)C)CC1. The van der Waals surface area contributed by atoms with Gasteiger partial charge in [0.15, 0.2) is 0 Å². The molecule has 0 spiro atoms. The van der Waals surface area contributed by atoms with Crippen molar-refractivity contribution in [1.29, 1.82) is 0 Å². The quantitative estimate of drug-likeness (QED) is 0.583. The van der Waals surface area contributed by atoms with Crippen LogP contribution in [-0.2, 0) is 9.47 Å². The third-order valence-electron chi connectivity index (χ3n) is 3.26. The monoisotopic (exact) mass is 229 g/mol. The van der Waals surface area contributed by atoms with Crippen LogP contribution >= 0.6 is 0 Å². The summed E-state index contributed by atoms with van der Waals surface area (Å²) in [6, 6.07) is 0.597. The van der Waals surface area contributed by atoms with Crippen LogP contribution in [-0.4, -0.2) is 39.5 Å². The van der Waals surface area contributed by atoms with Gasteiger partial charge in [0, 0.05) is 39.5 Å². The van der Waals surface area contributed by atoms with Crippen LogP contribution in [0.2, 0.25) is 0 Å². The zero-order chi connectivity index (χ0) is 11.9. The van der Waals surface area contributed by atoms with E-state index in [1.807, 2.05) is 0 Å². The molecule has 3 heteroatoms. The Labute approximate surface area is 99.9 Å². The average Bonchev–Trinajstić information content (AvgIpc) is 3.01. The predicted octanol–water partition coefficient (Wildman–Crippen LogP) is 2.21. The first kappa shape index (κ1) is 13.9. The molecule has 0 bridgehead atoms. The molecule has 0 aromatic carbocycles. The molecule has 0 heterocycles. The average molecular weight is 229 g/mol.